The molecule has 0 spiro atoms. The van der Waals surface area contributed by atoms with Crippen molar-refractivity contribution >= 4 is 28.3 Å². The normalized spacial score (nSPS) is 9.79. The number of carbonyl (C=O) groups is 1. The van der Waals surface area contributed by atoms with Crippen LogP contribution in [-0.4, -0.2) is 19.0 Å². The van der Waals surface area contributed by atoms with Gasteiger partial charge in [-0.15, -0.1) is 0 Å². The van der Waals surface area contributed by atoms with Crippen LogP contribution in [0.1, 0.15) is 5.56 Å². The van der Waals surface area contributed by atoms with E-state index >= 15 is 0 Å². The van der Waals surface area contributed by atoms with Gasteiger partial charge in [0.05, 0.1) is 13.1 Å². The molecule has 0 aliphatic rings. The van der Waals surface area contributed by atoms with E-state index in [2.05, 4.69) is 17.2 Å². The van der Waals surface area contributed by atoms with Crippen LogP contribution in [0.4, 0.5) is 0 Å². The van der Waals surface area contributed by atoms with Crippen molar-refractivity contribution in [2.75, 3.05) is 13.1 Å². The number of rotatable bonds is 2. The Kier molecular flexibility index (Phi) is 4.40. The predicted octanol–water partition coefficient (Wildman–Crippen LogP) is 1.92. The molecule has 0 aliphatic heterocycles. The molecule has 0 fully saturated rings. The quantitative estimate of drug-likeness (QED) is 0.821. The second-order valence-corrected chi connectivity index (χ2v) is 4.33. The van der Waals surface area contributed by atoms with Crippen LogP contribution in [0.25, 0.3) is 10.8 Å². The lowest BCUT2D eigenvalue weighted by Gasteiger charge is -2.02. The first kappa shape index (κ1) is 13.4. The van der Waals surface area contributed by atoms with Gasteiger partial charge in [-0.3, -0.25) is 4.79 Å². The maximum Gasteiger partial charge on any atom is 0.234 e. The third kappa shape index (κ3) is 3.25. The number of hydrogen-bond acceptors (Lipinski definition) is 2. The first-order valence-corrected chi connectivity index (χ1v) is 6.23. The van der Waals surface area contributed by atoms with Gasteiger partial charge in [-0.25, -0.2) is 0 Å². The maximum absolute atomic E-state index is 11.0. The van der Waals surface area contributed by atoms with E-state index in [0.717, 1.165) is 16.3 Å². The summed E-state index contributed by atoms with van der Waals surface area (Å²) < 4.78 is 0. The summed E-state index contributed by atoms with van der Waals surface area (Å²) in [6.07, 6.45) is 0. The molecule has 0 radical (unpaired) electrons. The van der Waals surface area contributed by atoms with Crippen molar-refractivity contribution in [3.63, 3.8) is 0 Å². The summed E-state index contributed by atoms with van der Waals surface area (Å²) in [5, 5.41) is 5.29. The average molecular weight is 273 g/mol. The van der Waals surface area contributed by atoms with Crippen LogP contribution in [0.3, 0.4) is 0 Å². The van der Waals surface area contributed by atoms with Crippen LogP contribution >= 0.6 is 11.6 Å². The van der Waals surface area contributed by atoms with Gasteiger partial charge in [0.25, 0.3) is 0 Å². The standard InChI is InChI=1S/C15H13ClN2O/c16-14-8-7-11(4-3-9-18-15(19)10-17)12-5-1-2-6-13(12)14/h1-2,5-8H,9-10,17H2,(H,18,19). The average Bonchev–Trinajstić information content (AvgIpc) is 2.45. The zero-order valence-corrected chi connectivity index (χ0v) is 11.0. The summed E-state index contributed by atoms with van der Waals surface area (Å²) in [6, 6.07) is 11.5. The number of amides is 1. The number of carbonyl (C=O) groups excluding carboxylic acids is 1. The SMILES string of the molecule is NCC(=O)NCC#Cc1ccc(Cl)c2ccccc12. The molecule has 0 unspecified atom stereocenters. The van der Waals surface area contributed by atoms with Gasteiger partial charge < -0.3 is 11.1 Å². The monoisotopic (exact) mass is 272 g/mol. The minimum atomic E-state index is -0.213. The van der Waals surface area contributed by atoms with Gasteiger partial charge in [0.1, 0.15) is 0 Å². The van der Waals surface area contributed by atoms with E-state index in [9.17, 15) is 4.79 Å². The van der Waals surface area contributed by atoms with Crippen LogP contribution in [0.5, 0.6) is 0 Å². The molecule has 0 saturated heterocycles. The Morgan fingerprint density at radius 1 is 1.21 bits per heavy atom. The van der Waals surface area contributed by atoms with E-state index in [0.29, 0.717) is 5.02 Å². The van der Waals surface area contributed by atoms with Crippen LogP contribution in [0.2, 0.25) is 5.02 Å². The van der Waals surface area contributed by atoms with E-state index in [-0.39, 0.29) is 19.0 Å². The zero-order valence-electron chi connectivity index (χ0n) is 10.2. The Labute approximate surface area is 116 Å². The molecule has 2 rings (SSSR count). The zero-order chi connectivity index (χ0) is 13.7. The number of benzene rings is 2. The third-order valence-electron chi connectivity index (χ3n) is 2.65. The number of fused-ring (bicyclic) bond motifs is 1. The van der Waals surface area contributed by atoms with Gasteiger partial charge in [0.2, 0.25) is 5.91 Å². The third-order valence-corrected chi connectivity index (χ3v) is 2.98. The lowest BCUT2D eigenvalue weighted by atomic mass is 10.0. The highest BCUT2D eigenvalue weighted by Gasteiger charge is 2.01. The summed E-state index contributed by atoms with van der Waals surface area (Å²) >= 11 is 6.13. The lowest BCUT2D eigenvalue weighted by molar-refractivity contribution is -0.119. The van der Waals surface area contributed by atoms with Gasteiger partial charge in [0.15, 0.2) is 0 Å². The molecule has 19 heavy (non-hydrogen) atoms. The molecular formula is C15H13ClN2O. The van der Waals surface area contributed by atoms with Crippen molar-refractivity contribution in [1.82, 2.24) is 5.32 Å². The molecule has 4 heteroatoms. The second kappa shape index (κ2) is 6.24. The number of halogens is 1. The number of hydrogen-bond donors (Lipinski definition) is 2. The number of nitrogens with two attached hydrogens (primary N) is 1. The molecule has 96 valence electrons. The largest absolute Gasteiger partial charge is 0.344 e. The summed E-state index contributed by atoms with van der Waals surface area (Å²) in [6.45, 7) is 0.262. The first-order valence-electron chi connectivity index (χ1n) is 5.85. The first-order chi connectivity index (χ1) is 9.22. The molecule has 0 aromatic heterocycles. The number of nitrogens with one attached hydrogen (secondary N) is 1. The summed E-state index contributed by atoms with van der Waals surface area (Å²) in [5.41, 5.74) is 6.07. The van der Waals surface area contributed by atoms with Gasteiger partial charge in [-0.2, -0.15) is 0 Å². The van der Waals surface area contributed by atoms with Crippen molar-refractivity contribution in [2.45, 2.75) is 0 Å². The fourth-order valence-corrected chi connectivity index (χ4v) is 1.95. The van der Waals surface area contributed by atoms with E-state index in [1.54, 1.807) is 0 Å². The fourth-order valence-electron chi connectivity index (χ4n) is 1.73. The van der Waals surface area contributed by atoms with E-state index in [1.807, 2.05) is 36.4 Å². The van der Waals surface area contributed by atoms with Crippen LogP contribution in [-0.2, 0) is 4.79 Å². The topological polar surface area (TPSA) is 55.1 Å². The lowest BCUT2D eigenvalue weighted by Crippen LogP contribution is -2.30. The molecular weight excluding hydrogens is 260 g/mol. The van der Waals surface area contributed by atoms with Crippen LogP contribution < -0.4 is 11.1 Å². The Morgan fingerprint density at radius 3 is 2.68 bits per heavy atom. The van der Waals surface area contributed by atoms with Gasteiger partial charge in [-0.05, 0) is 17.5 Å². The Bertz CT molecular complexity index is 671. The Morgan fingerprint density at radius 2 is 1.95 bits per heavy atom. The predicted molar refractivity (Wildman–Crippen MR) is 77.9 cm³/mol. The summed E-state index contributed by atoms with van der Waals surface area (Å²) in [5.74, 6) is 5.72. The minimum Gasteiger partial charge on any atom is -0.344 e. The highest BCUT2D eigenvalue weighted by molar-refractivity contribution is 6.35. The van der Waals surface area contributed by atoms with E-state index < -0.39 is 0 Å². The molecule has 2 aromatic rings. The van der Waals surface area contributed by atoms with Crippen molar-refractivity contribution in [1.29, 1.82) is 0 Å². The van der Waals surface area contributed by atoms with Gasteiger partial charge in [0, 0.05) is 16.0 Å². The van der Waals surface area contributed by atoms with Gasteiger partial charge in [-0.1, -0.05) is 47.7 Å². The minimum absolute atomic E-state index is 0.0223. The van der Waals surface area contributed by atoms with Gasteiger partial charge >= 0.3 is 0 Å². The molecule has 0 heterocycles. The van der Waals surface area contributed by atoms with Crippen molar-refractivity contribution in [2.24, 2.45) is 5.73 Å². The van der Waals surface area contributed by atoms with Crippen LogP contribution in [0, 0.1) is 11.8 Å². The molecule has 2 aromatic carbocycles. The second-order valence-electron chi connectivity index (χ2n) is 3.92. The molecule has 0 aliphatic carbocycles. The molecule has 0 atom stereocenters. The summed E-state index contributed by atoms with van der Waals surface area (Å²) in [7, 11) is 0. The van der Waals surface area contributed by atoms with Crippen molar-refractivity contribution in [3.05, 3.63) is 47.0 Å². The van der Waals surface area contributed by atoms with Crippen LogP contribution in [0.15, 0.2) is 36.4 Å². The molecule has 1 amide bonds. The Balaban J connectivity index is 2.24. The molecule has 0 saturated carbocycles. The van der Waals surface area contributed by atoms with Crippen molar-refractivity contribution in [3.8, 4) is 11.8 Å². The molecule has 0 bridgehead atoms. The highest BCUT2D eigenvalue weighted by Crippen LogP contribution is 2.25. The molecule has 3 nitrogen and oxygen atoms in total. The van der Waals surface area contributed by atoms with Crippen molar-refractivity contribution < 1.29 is 4.79 Å². The fraction of sp³-hybridized carbons (Fsp3) is 0.133. The van der Waals surface area contributed by atoms with E-state index in [4.69, 9.17) is 17.3 Å². The maximum atomic E-state index is 11.0. The molecule has 3 N–H and O–H groups in total. The van der Waals surface area contributed by atoms with E-state index in [1.165, 1.54) is 0 Å². The summed E-state index contributed by atoms with van der Waals surface area (Å²) in [4.78, 5) is 11.0. The smallest absolute Gasteiger partial charge is 0.234 e. The highest BCUT2D eigenvalue weighted by atomic mass is 35.5. The Hall–Kier alpha value is -2.02.